The van der Waals surface area contributed by atoms with Crippen LogP contribution in [-0.4, -0.2) is 48.8 Å². The second kappa shape index (κ2) is 6.21. The van der Waals surface area contributed by atoms with Gasteiger partial charge in [-0.05, 0) is 18.7 Å². The highest BCUT2D eigenvalue weighted by Gasteiger charge is 2.29. The number of pyridine rings is 1. The molecule has 1 N–H and O–H groups in total. The number of nitrogens with one attached hydrogen (secondary N) is 1. The van der Waals surface area contributed by atoms with Crippen LogP contribution >= 0.6 is 11.8 Å². The summed E-state index contributed by atoms with van der Waals surface area (Å²) >= 11 is 1.81. The standard InChI is InChI=1S/C12H19N3O2S2/c1-10-9-15(5-6-18-10)19(16,17)12-4-3-11(7-13-2)8-14-12/h3-4,8,10,13H,5-7,9H2,1-2H3. The van der Waals surface area contributed by atoms with Crippen molar-refractivity contribution in [2.75, 3.05) is 25.9 Å². The quantitative estimate of drug-likeness (QED) is 0.896. The van der Waals surface area contributed by atoms with Crippen molar-refractivity contribution in [3.63, 3.8) is 0 Å². The molecule has 7 heteroatoms. The highest BCUT2D eigenvalue weighted by molar-refractivity contribution is 8.00. The van der Waals surface area contributed by atoms with E-state index in [-0.39, 0.29) is 5.03 Å². The molecule has 1 atom stereocenters. The first-order valence-electron chi connectivity index (χ1n) is 6.25. The van der Waals surface area contributed by atoms with Crippen molar-refractivity contribution in [1.82, 2.24) is 14.6 Å². The Hall–Kier alpha value is -0.630. The number of rotatable bonds is 4. The number of nitrogens with zero attached hydrogens (tertiary/aromatic N) is 2. The second-order valence-electron chi connectivity index (χ2n) is 4.58. The van der Waals surface area contributed by atoms with E-state index in [0.717, 1.165) is 11.3 Å². The Balaban J connectivity index is 2.18. The van der Waals surface area contributed by atoms with Crippen LogP contribution in [0.3, 0.4) is 0 Å². The molecule has 1 aliphatic rings. The Labute approximate surface area is 118 Å². The third kappa shape index (κ3) is 3.47. The first kappa shape index (κ1) is 14.8. The van der Waals surface area contributed by atoms with Crippen LogP contribution in [0, 0.1) is 0 Å². The minimum absolute atomic E-state index is 0.145. The van der Waals surface area contributed by atoms with Gasteiger partial charge < -0.3 is 5.32 Å². The molecular weight excluding hydrogens is 282 g/mol. The number of thioether (sulfide) groups is 1. The van der Waals surface area contributed by atoms with Crippen molar-refractivity contribution in [2.45, 2.75) is 23.7 Å². The molecule has 1 unspecified atom stereocenters. The van der Waals surface area contributed by atoms with Crippen LogP contribution in [0.25, 0.3) is 0 Å². The number of aromatic nitrogens is 1. The zero-order valence-electron chi connectivity index (χ0n) is 11.2. The van der Waals surface area contributed by atoms with E-state index in [9.17, 15) is 8.42 Å². The van der Waals surface area contributed by atoms with E-state index in [1.165, 1.54) is 4.31 Å². The van der Waals surface area contributed by atoms with E-state index in [1.807, 2.05) is 18.8 Å². The van der Waals surface area contributed by atoms with Crippen LogP contribution in [-0.2, 0) is 16.6 Å². The van der Waals surface area contributed by atoms with E-state index in [0.29, 0.717) is 24.9 Å². The molecule has 0 amide bonds. The molecule has 5 nitrogen and oxygen atoms in total. The molecule has 0 bridgehead atoms. The summed E-state index contributed by atoms with van der Waals surface area (Å²) in [7, 11) is -1.59. The Morgan fingerprint density at radius 1 is 1.53 bits per heavy atom. The first-order chi connectivity index (χ1) is 9.04. The summed E-state index contributed by atoms with van der Waals surface area (Å²) in [5.74, 6) is 0.845. The van der Waals surface area contributed by atoms with Crippen molar-refractivity contribution in [3.8, 4) is 0 Å². The molecule has 1 fully saturated rings. The predicted molar refractivity (Wildman–Crippen MR) is 77.7 cm³/mol. The number of hydrogen-bond donors (Lipinski definition) is 1. The van der Waals surface area contributed by atoms with Crippen molar-refractivity contribution in [1.29, 1.82) is 0 Å². The van der Waals surface area contributed by atoms with Gasteiger partial charge in [-0.15, -0.1) is 0 Å². The molecule has 0 aromatic carbocycles. The smallest absolute Gasteiger partial charge is 0.260 e. The molecule has 0 radical (unpaired) electrons. The summed E-state index contributed by atoms with van der Waals surface area (Å²) in [6.45, 7) is 3.87. The molecule has 1 aromatic heterocycles. The van der Waals surface area contributed by atoms with Gasteiger partial charge in [0.15, 0.2) is 5.03 Å². The van der Waals surface area contributed by atoms with Crippen molar-refractivity contribution in [3.05, 3.63) is 23.9 Å². The zero-order valence-corrected chi connectivity index (χ0v) is 12.8. The fourth-order valence-corrected chi connectivity index (χ4v) is 4.67. The van der Waals surface area contributed by atoms with E-state index < -0.39 is 10.0 Å². The predicted octanol–water partition coefficient (Wildman–Crippen LogP) is 0.927. The van der Waals surface area contributed by atoms with Gasteiger partial charge in [-0.2, -0.15) is 16.1 Å². The highest BCUT2D eigenvalue weighted by atomic mass is 32.2. The van der Waals surface area contributed by atoms with Crippen LogP contribution in [0.2, 0.25) is 0 Å². The maximum atomic E-state index is 12.4. The van der Waals surface area contributed by atoms with Crippen LogP contribution in [0.1, 0.15) is 12.5 Å². The fourth-order valence-electron chi connectivity index (χ4n) is 2.01. The summed E-state index contributed by atoms with van der Waals surface area (Å²) in [5.41, 5.74) is 0.976. The first-order valence-corrected chi connectivity index (χ1v) is 8.74. The molecule has 0 spiro atoms. The lowest BCUT2D eigenvalue weighted by molar-refractivity contribution is 0.422. The monoisotopic (exact) mass is 301 g/mol. The maximum absolute atomic E-state index is 12.4. The van der Waals surface area contributed by atoms with Crippen LogP contribution in [0.5, 0.6) is 0 Å². The van der Waals surface area contributed by atoms with Gasteiger partial charge in [-0.3, -0.25) is 0 Å². The maximum Gasteiger partial charge on any atom is 0.260 e. The van der Waals surface area contributed by atoms with E-state index in [4.69, 9.17) is 0 Å². The average molecular weight is 301 g/mol. The lowest BCUT2D eigenvalue weighted by Crippen LogP contribution is -2.41. The largest absolute Gasteiger partial charge is 0.316 e. The van der Waals surface area contributed by atoms with Gasteiger partial charge >= 0.3 is 0 Å². The molecule has 0 saturated carbocycles. The Morgan fingerprint density at radius 3 is 2.89 bits per heavy atom. The Bertz CT molecular complexity index is 516. The van der Waals surface area contributed by atoms with E-state index >= 15 is 0 Å². The molecule has 2 rings (SSSR count). The summed E-state index contributed by atoms with van der Waals surface area (Å²) in [5, 5.41) is 3.49. The normalized spacial score (nSPS) is 21.5. The third-order valence-electron chi connectivity index (χ3n) is 2.99. The molecule has 19 heavy (non-hydrogen) atoms. The lowest BCUT2D eigenvalue weighted by Gasteiger charge is -2.29. The van der Waals surface area contributed by atoms with Gasteiger partial charge in [0.2, 0.25) is 0 Å². The minimum atomic E-state index is -3.44. The second-order valence-corrected chi connectivity index (χ2v) is 8.01. The van der Waals surface area contributed by atoms with Gasteiger partial charge in [0, 0.05) is 36.8 Å². The van der Waals surface area contributed by atoms with Crippen LogP contribution in [0.4, 0.5) is 0 Å². The Morgan fingerprint density at radius 2 is 2.32 bits per heavy atom. The van der Waals surface area contributed by atoms with E-state index in [2.05, 4.69) is 17.2 Å². The molecule has 106 valence electrons. The third-order valence-corrected chi connectivity index (χ3v) is 5.90. The fraction of sp³-hybridized carbons (Fsp3) is 0.583. The molecule has 1 saturated heterocycles. The van der Waals surface area contributed by atoms with Crippen molar-refractivity contribution >= 4 is 21.8 Å². The highest BCUT2D eigenvalue weighted by Crippen LogP contribution is 2.23. The average Bonchev–Trinajstić information content (AvgIpc) is 2.40. The Kier molecular flexibility index (Phi) is 4.83. The van der Waals surface area contributed by atoms with Gasteiger partial charge in [0.05, 0.1) is 0 Å². The molecule has 2 heterocycles. The van der Waals surface area contributed by atoms with Crippen LogP contribution in [0.15, 0.2) is 23.4 Å². The minimum Gasteiger partial charge on any atom is -0.316 e. The van der Waals surface area contributed by atoms with Gasteiger partial charge in [-0.25, -0.2) is 13.4 Å². The van der Waals surface area contributed by atoms with Gasteiger partial charge in [0.25, 0.3) is 10.0 Å². The van der Waals surface area contributed by atoms with E-state index in [1.54, 1.807) is 18.3 Å². The number of hydrogen-bond acceptors (Lipinski definition) is 5. The summed E-state index contributed by atoms with van der Waals surface area (Å²) in [4.78, 5) is 4.09. The van der Waals surface area contributed by atoms with Gasteiger partial charge in [-0.1, -0.05) is 13.0 Å². The molecule has 0 aliphatic carbocycles. The SMILES string of the molecule is CNCc1ccc(S(=O)(=O)N2CCSC(C)C2)nc1. The van der Waals surface area contributed by atoms with Crippen molar-refractivity contribution < 1.29 is 8.42 Å². The topological polar surface area (TPSA) is 62.3 Å². The summed E-state index contributed by atoms with van der Waals surface area (Å²) < 4.78 is 26.4. The summed E-state index contributed by atoms with van der Waals surface area (Å²) in [6.07, 6.45) is 1.62. The van der Waals surface area contributed by atoms with Crippen molar-refractivity contribution in [2.24, 2.45) is 0 Å². The van der Waals surface area contributed by atoms with Gasteiger partial charge in [0.1, 0.15) is 0 Å². The zero-order chi connectivity index (χ0) is 13.9. The molecular formula is C12H19N3O2S2. The lowest BCUT2D eigenvalue weighted by atomic mass is 10.3. The summed E-state index contributed by atoms with van der Waals surface area (Å²) in [6, 6.07) is 3.40. The van der Waals surface area contributed by atoms with Crippen LogP contribution < -0.4 is 5.32 Å². The number of sulfonamides is 1. The molecule has 1 aliphatic heterocycles. The molecule has 1 aromatic rings.